The van der Waals surface area contributed by atoms with E-state index in [2.05, 4.69) is 0 Å². The van der Waals surface area contributed by atoms with Crippen molar-refractivity contribution in [3.63, 3.8) is 0 Å². The van der Waals surface area contributed by atoms with Crippen LogP contribution in [0.1, 0.15) is 59.3 Å². The zero-order valence-corrected chi connectivity index (χ0v) is 11.8. The minimum atomic E-state index is -0.393. The van der Waals surface area contributed by atoms with Gasteiger partial charge in [0.25, 0.3) is 0 Å². The van der Waals surface area contributed by atoms with Gasteiger partial charge in [0.05, 0.1) is 6.04 Å². The lowest BCUT2D eigenvalue weighted by Gasteiger charge is -2.34. The van der Waals surface area contributed by atoms with Crippen molar-refractivity contribution in [3.8, 4) is 0 Å². The number of carbonyl (C=O) groups excluding carboxylic acids is 1. The third-order valence-electron chi connectivity index (χ3n) is 3.92. The van der Waals surface area contributed by atoms with Crippen molar-refractivity contribution in [2.24, 2.45) is 11.1 Å². The summed E-state index contributed by atoms with van der Waals surface area (Å²) in [7, 11) is 1.92. The third kappa shape index (κ3) is 3.98. The van der Waals surface area contributed by atoms with E-state index in [1.807, 2.05) is 32.7 Å². The van der Waals surface area contributed by atoms with Crippen LogP contribution in [-0.4, -0.2) is 29.9 Å². The lowest BCUT2D eigenvalue weighted by molar-refractivity contribution is -0.136. The first-order valence-electron chi connectivity index (χ1n) is 6.86. The summed E-state index contributed by atoms with van der Waals surface area (Å²) in [6, 6.07) is 0.00848. The van der Waals surface area contributed by atoms with Crippen molar-refractivity contribution in [3.05, 3.63) is 0 Å². The molecule has 0 aliphatic heterocycles. The van der Waals surface area contributed by atoms with Crippen molar-refractivity contribution >= 4 is 5.91 Å². The van der Waals surface area contributed by atoms with Crippen LogP contribution in [0.2, 0.25) is 0 Å². The molecule has 0 radical (unpaired) electrons. The molecule has 0 spiro atoms. The molecule has 3 heteroatoms. The van der Waals surface area contributed by atoms with Gasteiger partial charge in [0.15, 0.2) is 0 Å². The molecule has 0 bridgehead atoms. The molecule has 1 aliphatic carbocycles. The van der Waals surface area contributed by atoms with Crippen molar-refractivity contribution < 1.29 is 4.79 Å². The molecule has 3 nitrogen and oxygen atoms in total. The number of carbonyl (C=O) groups is 1. The van der Waals surface area contributed by atoms with Crippen molar-refractivity contribution in [1.29, 1.82) is 0 Å². The summed E-state index contributed by atoms with van der Waals surface area (Å²) in [4.78, 5) is 14.2. The number of likely N-dealkylation sites (N-methyl/N-ethyl adjacent to an activating group) is 1. The van der Waals surface area contributed by atoms with Crippen LogP contribution in [0.4, 0.5) is 0 Å². The molecule has 0 aromatic heterocycles. The smallest absolute Gasteiger partial charge is 0.240 e. The van der Waals surface area contributed by atoms with Crippen LogP contribution in [0.25, 0.3) is 0 Å². The Morgan fingerprint density at radius 3 is 2.06 bits per heavy atom. The molecule has 2 N–H and O–H groups in total. The molecule has 0 aromatic rings. The minimum Gasteiger partial charge on any atom is -0.341 e. The molecular formula is C14H28N2O. The summed E-state index contributed by atoms with van der Waals surface area (Å²) in [6.45, 7) is 6.07. The summed E-state index contributed by atoms with van der Waals surface area (Å²) < 4.78 is 0. The van der Waals surface area contributed by atoms with Crippen LogP contribution >= 0.6 is 0 Å². The zero-order valence-electron chi connectivity index (χ0n) is 11.8. The van der Waals surface area contributed by atoms with Gasteiger partial charge in [0.1, 0.15) is 0 Å². The zero-order chi connectivity index (χ0) is 13.1. The molecule has 1 unspecified atom stereocenters. The van der Waals surface area contributed by atoms with Gasteiger partial charge in [-0.2, -0.15) is 0 Å². The van der Waals surface area contributed by atoms with Crippen LogP contribution in [-0.2, 0) is 4.79 Å². The normalized spacial score (nSPS) is 20.8. The van der Waals surface area contributed by atoms with Gasteiger partial charge in [0.2, 0.25) is 5.91 Å². The highest BCUT2D eigenvalue weighted by molar-refractivity contribution is 5.82. The highest BCUT2D eigenvalue weighted by atomic mass is 16.2. The number of nitrogens with zero attached hydrogens (tertiary/aromatic N) is 1. The Labute approximate surface area is 106 Å². The molecular weight excluding hydrogens is 212 g/mol. The molecule has 1 aliphatic rings. The van der Waals surface area contributed by atoms with Gasteiger partial charge in [-0.1, -0.05) is 46.5 Å². The summed E-state index contributed by atoms with van der Waals surface area (Å²) in [5.74, 6) is 0.101. The van der Waals surface area contributed by atoms with E-state index in [1.54, 1.807) is 0 Å². The van der Waals surface area contributed by atoms with Gasteiger partial charge in [0, 0.05) is 13.1 Å². The summed E-state index contributed by atoms with van der Waals surface area (Å²) >= 11 is 0. The van der Waals surface area contributed by atoms with Gasteiger partial charge in [-0.25, -0.2) is 0 Å². The van der Waals surface area contributed by atoms with E-state index < -0.39 is 6.04 Å². The van der Waals surface area contributed by atoms with Gasteiger partial charge in [-0.3, -0.25) is 4.79 Å². The van der Waals surface area contributed by atoms with Gasteiger partial charge in [-0.05, 0) is 18.3 Å². The maximum Gasteiger partial charge on any atom is 0.240 e. The average molecular weight is 240 g/mol. The van der Waals surface area contributed by atoms with Crippen LogP contribution in [0.5, 0.6) is 0 Å². The Kier molecular flexibility index (Phi) is 4.99. The number of rotatable bonds is 2. The van der Waals surface area contributed by atoms with Crippen LogP contribution in [0.15, 0.2) is 0 Å². The molecule has 1 rings (SSSR count). The molecule has 1 fully saturated rings. The van der Waals surface area contributed by atoms with E-state index in [1.165, 1.54) is 25.7 Å². The van der Waals surface area contributed by atoms with Crippen molar-refractivity contribution in [2.75, 3.05) is 7.05 Å². The van der Waals surface area contributed by atoms with E-state index in [-0.39, 0.29) is 11.3 Å². The predicted molar refractivity (Wildman–Crippen MR) is 71.7 cm³/mol. The van der Waals surface area contributed by atoms with E-state index in [4.69, 9.17) is 5.73 Å². The molecule has 1 atom stereocenters. The topological polar surface area (TPSA) is 46.3 Å². The van der Waals surface area contributed by atoms with Crippen LogP contribution < -0.4 is 5.73 Å². The second-order valence-electron chi connectivity index (χ2n) is 6.44. The second kappa shape index (κ2) is 5.85. The number of hydrogen-bond donors (Lipinski definition) is 1. The minimum absolute atomic E-state index is 0.101. The summed E-state index contributed by atoms with van der Waals surface area (Å²) in [5, 5.41) is 0. The number of hydrogen-bond acceptors (Lipinski definition) is 2. The molecule has 17 heavy (non-hydrogen) atoms. The molecule has 0 heterocycles. The number of nitrogens with two attached hydrogens (primary N) is 1. The average Bonchev–Trinajstić information content (AvgIpc) is 2.53. The van der Waals surface area contributed by atoms with Crippen LogP contribution in [0, 0.1) is 5.41 Å². The number of amides is 1. The highest BCUT2D eigenvalue weighted by Crippen LogP contribution is 2.24. The lowest BCUT2D eigenvalue weighted by atomic mass is 9.86. The summed E-state index contributed by atoms with van der Waals surface area (Å²) in [6.07, 6.45) is 7.38. The second-order valence-corrected chi connectivity index (χ2v) is 6.44. The Morgan fingerprint density at radius 1 is 1.18 bits per heavy atom. The van der Waals surface area contributed by atoms with Gasteiger partial charge in [-0.15, -0.1) is 0 Å². The van der Waals surface area contributed by atoms with E-state index in [0.717, 1.165) is 12.8 Å². The molecule has 1 amide bonds. The predicted octanol–water partition coefficient (Wildman–Crippen LogP) is 2.54. The van der Waals surface area contributed by atoms with Gasteiger partial charge < -0.3 is 10.6 Å². The Morgan fingerprint density at radius 2 is 1.65 bits per heavy atom. The highest BCUT2D eigenvalue weighted by Gasteiger charge is 2.32. The fourth-order valence-corrected chi connectivity index (χ4v) is 2.41. The Hall–Kier alpha value is -0.570. The first-order chi connectivity index (χ1) is 7.84. The summed E-state index contributed by atoms with van der Waals surface area (Å²) in [5.41, 5.74) is 5.89. The standard InChI is InChI=1S/C14H28N2O/c1-14(2,3)12(15)13(17)16(4)11-9-7-5-6-8-10-11/h11-12H,5-10,15H2,1-4H3. The van der Waals surface area contributed by atoms with Crippen molar-refractivity contribution in [1.82, 2.24) is 4.90 Å². The first-order valence-corrected chi connectivity index (χ1v) is 6.86. The molecule has 0 aromatic carbocycles. The lowest BCUT2D eigenvalue weighted by Crippen LogP contribution is -2.51. The molecule has 1 saturated carbocycles. The molecule has 0 saturated heterocycles. The van der Waals surface area contributed by atoms with Gasteiger partial charge >= 0.3 is 0 Å². The maximum atomic E-state index is 12.3. The van der Waals surface area contributed by atoms with Crippen molar-refractivity contribution in [2.45, 2.75) is 71.4 Å². The monoisotopic (exact) mass is 240 g/mol. The quantitative estimate of drug-likeness (QED) is 0.754. The SMILES string of the molecule is CN(C(=O)C(N)C(C)(C)C)C1CCCCCC1. The fourth-order valence-electron chi connectivity index (χ4n) is 2.41. The van der Waals surface area contributed by atoms with E-state index in [0.29, 0.717) is 6.04 Å². The third-order valence-corrected chi connectivity index (χ3v) is 3.92. The Balaban J connectivity index is 2.61. The Bertz CT molecular complexity index is 249. The largest absolute Gasteiger partial charge is 0.341 e. The molecule has 100 valence electrons. The van der Waals surface area contributed by atoms with E-state index in [9.17, 15) is 4.79 Å². The maximum absolute atomic E-state index is 12.3. The van der Waals surface area contributed by atoms with Crippen LogP contribution in [0.3, 0.4) is 0 Å². The first kappa shape index (κ1) is 14.5. The van der Waals surface area contributed by atoms with E-state index >= 15 is 0 Å². The fraction of sp³-hybridized carbons (Fsp3) is 0.929.